The summed E-state index contributed by atoms with van der Waals surface area (Å²) < 4.78 is 16.9. The van der Waals surface area contributed by atoms with E-state index in [1.165, 1.54) is 14.2 Å². The van der Waals surface area contributed by atoms with E-state index in [-0.39, 0.29) is 60.5 Å². The van der Waals surface area contributed by atoms with Gasteiger partial charge in [-0.05, 0) is 51.0 Å². The fraction of sp³-hybridized carbons (Fsp3) is 0.725. The van der Waals surface area contributed by atoms with Crippen molar-refractivity contribution in [3.8, 4) is 0 Å². The second-order valence-corrected chi connectivity index (χ2v) is 14.9. The molecule has 5 amide bonds. The molecule has 1 saturated heterocycles. The molecule has 2 N–H and O–H groups in total. The van der Waals surface area contributed by atoms with Gasteiger partial charge in [-0.2, -0.15) is 0 Å². The monoisotopic (exact) mass is 745 g/mol. The van der Waals surface area contributed by atoms with Crippen molar-refractivity contribution >= 4 is 29.7 Å². The Morgan fingerprint density at radius 2 is 1.57 bits per heavy atom. The van der Waals surface area contributed by atoms with Gasteiger partial charge in [0.15, 0.2) is 0 Å². The van der Waals surface area contributed by atoms with Gasteiger partial charge in [0.25, 0.3) is 0 Å². The highest BCUT2D eigenvalue weighted by Gasteiger charge is 2.43. The first-order valence-corrected chi connectivity index (χ1v) is 19.2. The van der Waals surface area contributed by atoms with Gasteiger partial charge in [0.05, 0.1) is 43.7 Å². The van der Waals surface area contributed by atoms with E-state index in [1.807, 2.05) is 78.8 Å². The van der Waals surface area contributed by atoms with Gasteiger partial charge in [-0.15, -0.1) is 0 Å². The molecule has 1 aromatic carbocycles. The maximum Gasteiger partial charge on any atom is 0.328 e. The molecule has 0 saturated carbocycles. The van der Waals surface area contributed by atoms with E-state index in [2.05, 4.69) is 10.6 Å². The van der Waals surface area contributed by atoms with Gasteiger partial charge in [-0.3, -0.25) is 14.4 Å². The Morgan fingerprint density at radius 1 is 0.925 bits per heavy atom. The van der Waals surface area contributed by atoms with E-state index in [9.17, 15) is 24.0 Å². The van der Waals surface area contributed by atoms with Gasteiger partial charge in [0.2, 0.25) is 17.7 Å². The third-order valence-corrected chi connectivity index (χ3v) is 10.8. The summed E-state index contributed by atoms with van der Waals surface area (Å²) in [6, 6.07) is 6.54. The van der Waals surface area contributed by atoms with Crippen molar-refractivity contribution < 1.29 is 38.2 Å². The number of hydrogen-bond acceptors (Lipinski definition) is 8. The Hall–Kier alpha value is -3.71. The standard InChI is InChI=1S/C40H67N5O8/c1-13-27(7)35(43(9)38(48)34(25(3)4)42-40(50)44(14-2)26(5)6)32(51-10)24-33(46)45-22-18-21-31(45)36(52-11)28(8)37(47)41-30(39(49)53-12)23-29-19-16-15-17-20-29/h15-17,19-20,25-28,30-32,34-36H,13-14,18,21-24H2,1-12H3,(H,41,47)(H,42,50)/t27-,28+,30?,31?,32+,34?,35-,36+/m0/s1. The lowest BCUT2D eigenvalue weighted by Crippen LogP contribution is -2.59. The van der Waals surface area contributed by atoms with E-state index in [0.29, 0.717) is 19.5 Å². The topological polar surface area (TPSA) is 147 Å². The molecule has 8 atom stereocenters. The molecule has 53 heavy (non-hydrogen) atoms. The summed E-state index contributed by atoms with van der Waals surface area (Å²) in [7, 11) is 6.08. The summed E-state index contributed by atoms with van der Waals surface area (Å²) in [6.45, 7) is 16.4. The highest BCUT2D eigenvalue weighted by atomic mass is 16.5. The van der Waals surface area contributed by atoms with E-state index >= 15 is 0 Å². The van der Waals surface area contributed by atoms with E-state index < -0.39 is 42.2 Å². The van der Waals surface area contributed by atoms with Crippen LogP contribution in [0.1, 0.15) is 86.6 Å². The Kier molecular flexibility index (Phi) is 18.7. The van der Waals surface area contributed by atoms with Crippen LogP contribution in [0.4, 0.5) is 4.79 Å². The molecule has 1 aliphatic rings. The number of likely N-dealkylation sites (N-methyl/N-ethyl adjacent to an activating group) is 1. The van der Waals surface area contributed by atoms with Gasteiger partial charge in [-0.1, -0.05) is 71.4 Å². The number of urea groups is 1. The van der Waals surface area contributed by atoms with Gasteiger partial charge in [0.1, 0.15) is 12.1 Å². The first-order chi connectivity index (χ1) is 25.1. The van der Waals surface area contributed by atoms with Crippen LogP contribution in [0.15, 0.2) is 30.3 Å². The highest BCUT2D eigenvalue weighted by molar-refractivity contribution is 5.88. The van der Waals surface area contributed by atoms with Crippen LogP contribution in [0.2, 0.25) is 0 Å². The van der Waals surface area contributed by atoms with Crippen LogP contribution in [-0.2, 0) is 39.8 Å². The molecule has 0 aromatic heterocycles. The first-order valence-electron chi connectivity index (χ1n) is 19.2. The summed E-state index contributed by atoms with van der Waals surface area (Å²) in [6.07, 6.45) is 1.09. The Labute approximate surface area is 317 Å². The molecule has 0 spiro atoms. The van der Waals surface area contributed by atoms with Crippen LogP contribution < -0.4 is 10.6 Å². The number of hydrogen-bond donors (Lipinski definition) is 2. The van der Waals surface area contributed by atoms with Gasteiger partial charge in [-0.25, -0.2) is 9.59 Å². The molecule has 1 fully saturated rings. The zero-order chi connectivity index (χ0) is 40.0. The minimum atomic E-state index is -0.889. The van der Waals surface area contributed by atoms with E-state index in [1.54, 1.807) is 35.8 Å². The number of likely N-dealkylation sites (tertiary alicyclic amines) is 1. The van der Waals surface area contributed by atoms with Crippen molar-refractivity contribution in [1.29, 1.82) is 0 Å². The lowest BCUT2D eigenvalue weighted by molar-refractivity contribution is -0.148. The third kappa shape index (κ3) is 12.1. The van der Waals surface area contributed by atoms with Crippen molar-refractivity contribution in [2.45, 2.75) is 130 Å². The summed E-state index contributed by atoms with van der Waals surface area (Å²) >= 11 is 0. The molecule has 0 bridgehead atoms. The number of nitrogens with zero attached hydrogens (tertiary/aromatic N) is 3. The molecule has 13 nitrogen and oxygen atoms in total. The van der Waals surface area contributed by atoms with Gasteiger partial charge in [0, 0.05) is 46.8 Å². The van der Waals surface area contributed by atoms with Gasteiger partial charge < -0.3 is 39.5 Å². The van der Waals surface area contributed by atoms with Crippen LogP contribution in [0.3, 0.4) is 0 Å². The minimum Gasteiger partial charge on any atom is -0.467 e. The fourth-order valence-corrected chi connectivity index (χ4v) is 7.49. The molecule has 1 aliphatic heterocycles. The fourth-order valence-electron chi connectivity index (χ4n) is 7.49. The molecular weight excluding hydrogens is 678 g/mol. The highest BCUT2D eigenvalue weighted by Crippen LogP contribution is 2.30. The van der Waals surface area contributed by atoms with Crippen LogP contribution >= 0.6 is 0 Å². The van der Waals surface area contributed by atoms with Crippen molar-refractivity contribution in [2.75, 3.05) is 41.5 Å². The minimum absolute atomic E-state index is 0.00773. The molecule has 0 aliphatic carbocycles. The lowest BCUT2D eigenvalue weighted by atomic mass is 9.89. The van der Waals surface area contributed by atoms with Crippen molar-refractivity contribution in [1.82, 2.24) is 25.3 Å². The maximum atomic E-state index is 14.2. The summed E-state index contributed by atoms with van der Waals surface area (Å²) in [5.41, 5.74) is 0.876. The number of benzene rings is 1. The Morgan fingerprint density at radius 3 is 2.08 bits per heavy atom. The average Bonchev–Trinajstić information content (AvgIpc) is 3.62. The average molecular weight is 746 g/mol. The van der Waals surface area contributed by atoms with Crippen LogP contribution in [0.25, 0.3) is 0 Å². The smallest absolute Gasteiger partial charge is 0.328 e. The van der Waals surface area contributed by atoms with Crippen LogP contribution in [0.5, 0.6) is 0 Å². The molecule has 0 radical (unpaired) electrons. The molecule has 1 aromatic rings. The van der Waals surface area contributed by atoms with E-state index in [4.69, 9.17) is 14.2 Å². The predicted octanol–water partition coefficient (Wildman–Crippen LogP) is 4.27. The molecule has 3 unspecified atom stereocenters. The number of ether oxygens (including phenoxy) is 3. The second-order valence-electron chi connectivity index (χ2n) is 14.9. The number of methoxy groups -OCH3 is 3. The molecule has 300 valence electrons. The molecule has 13 heteroatoms. The number of carbonyl (C=O) groups excluding carboxylic acids is 5. The van der Waals surface area contributed by atoms with Crippen molar-refractivity contribution in [2.24, 2.45) is 17.8 Å². The van der Waals surface area contributed by atoms with Gasteiger partial charge >= 0.3 is 12.0 Å². The SMILES string of the molecule is CC[C@H](C)[C@@H]([C@@H](CC(=O)N1CCCC1[C@H](OC)[C@@H](C)C(=O)NC(Cc1ccccc1)C(=O)OC)OC)N(C)C(=O)C(NC(=O)N(CC)C(C)C)C(C)C. The zero-order valence-electron chi connectivity index (χ0n) is 34.2. The number of rotatable bonds is 20. The number of carbonyl (C=O) groups is 5. The Bertz CT molecular complexity index is 1330. The first kappa shape index (κ1) is 45.4. The number of esters is 1. The predicted molar refractivity (Wildman–Crippen MR) is 205 cm³/mol. The molecule has 1 heterocycles. The normalized spacial score (nSPS) is 18.4. The van der Waals surface area contributed by atoms with Crippen molar-refractivity contribution in [3.05, 3.63) is 35.9 Å². The zero-order valence-corrected chi connectivity index (χ0v) is 34.2. The number of nitrogens with one attached hydrogen (secondary N) is 2. The largest absolute Gasteiger partial charge is 0.467 e. The number of amides is 5. The summed E-state index contributed by atoms with van der Waals surface area (Å²) in [5.74, 6) is -2.25. The van der Waals surface area contributed by atoms with E-state index in [0.717, 1.165) is 18.4 Å². The quantitative estimate of drug-likeness (QED) is 0.188. The summed E-state index contributed by atoms with van der Waals surface area (Å²) in [4.78, 5) is 72.9. The van der Waals surface area contributed by atoms with Crippen molar-refractivity contribution in [3.63, 3.8) is 0 Å². The second kappa shape index (κ2) is 21.9. The Balaban J connectivity index is 2.27. The maximum absolute atomic E-state index is 14.2. The lowest BCUT2D eigenvalue weighted by Gasteiger charge is -2.41. The summed E-state index contributed by atoms with van der Waals surface area (Å²) in [5, 5.41) is 5.83. The molecule has 2 rings (SSSR count). The molecular formula is C40H67N5O8. The van der Waals surface area contributed by atoms with Crippen LogP contribution in [0, 0.1) is 17.8 Å². The third-order valence-electron chi connectivity index (χ3n) is 10.8. The van der Waals surface area contributed by atoms with Crippen LogP contribution in [-0.4, -0.2) is 128 Å².